The summed E-state index contributed by atoms with van der Waals surface area (Å²) in [5.41, 5.74) is 7.70. The van der Waals surface area contributed by atoms with E-state index < -0.39 is 0 Å². The van der Waals surface area contributed by atoms with Crippen LogP contribution >= 0.6 is 0 Å². The van der Waals surface area contributed by atoms with Gasteiger partial charge in [0.05, 0.1) is 11.2 Å². The predicted octanol–water partition coefficient (Wildman–Crippen LogP) is 3.54. The first-order chi connectivity index (χ1) is 9.70. The molecule has 0 spiro atoms. The van der Waals surface area contributed by atoms with Crippen LogP contribution in [0.4, 0.5) is 10.1 Å². The second-order valence-corrected chi connectivity index (χ2v) is 4.50. The first-order valence-electron chi connectivity index (χ1n) is 6.24. The van der Waals surface area contributed by atoms with Gasteiger partial charge in [-0.3, -0.25) is 0 Å². The van der Waals surface area contributed by atoms with Crippen LogP contribution in [-0.4, -0.2) is 4.98 Å². The van der Waals surface area contributed by atoms with E-state index in [-0.39, 0.29) is 5.82 Å². The van der Waals surface area contributed by atoms with Gasteiger partial charge in [0.1, 0.15) is 18.2 Å². The fourth-order valence-electron chi connectivity index (χ4n) is 1.97. The number of anilines is 1. The van der Waals surface area contributed by atoms with Crippen molar-refractivity contribution in [3.05, 3.63) is 66.1 Å². The average molecular weight is 268 g/mol. The molecule has 1 aromatic heterocycles. The Hall–Kier alpha value is -2.62. The molecule has 3 nitrogen and oxygen atoms in total. The van der Waals surface area contributed by atoms with Crippen molar-refractivity contribution in [3.63, 3.8) is 0 Å². The number of fused-ring (bicyclic) bond motifs is 1. The van der Waals surface area contributed by atoms with Crippen molar-refractivity contribution in [2.45, 2.75) is 6.61 Å². The normalized spacial score (nSPS) is 10.7. The van der Waals surface area contributed by atoms with Gasteiger partial charge in [0.25, 0.3) is 0 Å². The molecule has 1 heterocycles. The molecule has 0 fully saturated rings. The molecule has 0 unspecified atom stereocenters. The van der Waals surface area contributed by atoms with Crippen molar-refractivity contribution in [1.82, 2.24) is 4.98 Å². The van der Waals surface area contributed by atoms with Gasteiger partial charge in [-0.2, -0.15) is 0 Å². The zero-order valence-corrected chi connectivity index (χ0v) is 10.7. The van der Waals surface area contributed by atoms with Crippen LogP contribution in [0.15, 0.2) is 54.6 Å². The Balaban J connectivity index is 1.80. The van der Waals surface area contributed by atoms with E-state index in [0.29, 0.717) is 23.6 Å². The number of aromatic nitrogens is 1. The molecule has 2 N–H and O–H groups in total. The Morgan fingerprint density at radius 2 is 1.90 bits per heavy atom. The minimum absolute atomic E-state index is 0.293. The molecule has 0 aliphatic carbocycles. The van der Waals surface area contributed by atoms with Gasteiger partial charge in [0.2, 0.25) is 0 Å². The molecule has 0 saturated heterocycles. The monoisotopic (exact) mass is 268 g/mol. The minimum Gasteiger partial charge on any atom is -0.487 e. The highest BCUT2D eigenvalue weighted by Gasteiger charge is 2.01. The summed E-state index contributed by atoms with van der Waals surface area (Å²) in [6, 6.07) is 15.5. The molecule has 0 saturated carbocycles. The largest absolute Gasteiger partial charge is 0.487 e. The number of pyridine rings is 1. The Morgan fingerprint density at radius 3 is 2.75 bits per heavy atom. The molecule has 0 bridgehead atoms. The number of benzene rings is 2. The highest BCUT2D eigenvalue weighted by atomic mass is 19.1. The van der Waals surface area contributed by atoms with Gasteiger partial charge in [-0.15, -0.1) is 0 Å². The van der Waals surface area contributed by atoms with E-state index in [2.05, 4.69) is 4.98 Å². The quantitative estimate of drug-likeness (QED) is 0.739. The summed E-state index contributed by atoms with van der Waals surface area (Å²) >= 11 is 0. The molecule has 3 aromatic rings. The van der Waals surface area contributed by atoms with Crippen LogP contribution in [0.3, 0.4) is 0 Å². The maximum Gasteiger partial charge on any atom is 0.130 e. The van der Waals surface area contributed by atoms with Crippen LogP contribution in [0.2, 0.25) is 0 Å². The van der Waals surface area contributed by atoms with Gasteiger partial charge in [-0.25, -0.2) is 9.37 Å². The first kappa shape index (κ1) is 12.4. The summed E-state index contributed by atoms with van der Waals surface area (Å²) < 4.78 is 18.8. The topological polar surface area (TPSA) is 48.1 Å². The lowest BCUT2D eigenvalue weighted by atomic mass is 10.2. The standard InChI is InChI=1S/C16H13FN2O/c17-12-6-4-11-5-7-14(19-16(11)8-12)10-20-15-3-1-2-13(18)9-15/h1-9H,10,18H2. The number of nitrogens with zero attached hydrogens (tertiary/aromatic N) is 1. The molecule has 0 radical (unpaired) electrons. The fourth-order valence-corrected chi connectivity index (χ4v) is 1.97. The van der Waals surface area contributed by atoms with Crippen LogP contribution in [0.25, 0.3) is 10.9 Å². The van der Waals surface area contributed by atoms with Crippen molar-refractivity contribution >= 4 is 16.6 Å². The molecule has 0 atom stereocenters. The molecule has 20 heavy (non-hydrogen) atoms. The Labute approximate surface area is 115 Å². The molecular formula is C16H13FN2O. The summed E-state index contributed by atoms with van der Waals surface area (Å²) in [6.45, 7) is 0.315. The maximum absolute atomic E-state index is 13.2. The lowest BCUT2D eigenvalue weighted by molar-refractivity contribution is 0.302. The first-order valence-corrected chi connectivity index (χ1v) is 6.24. The van der Waals surface area contributed by atoms with Crippen molar-refractivity contribution in [2.24, 2.45) is 0 Å². The molecular weight excluding hydrogens is 255 g/mol. The molecule has 0 aliphatic rings. The number of ether oxygens (including phenoxy) is 1. The second kappa shape index (κ2) is 5.17. The summed E-state index contributed by atoms with van der Waals surface area (Å²) in [4.78, 5) is 4.38. The van der Waals surface area contributed by atoms with E-state index in [9.17, 15) is 4.39 Å². The van der Waals surface area contributed by atoms with Crippen molar-refractivity contribution in [1.29, 1.82) is 0 Å². The minimum atomic E-state index is -0.293. The molecule has 2 aromatic carbocycles. The van der Waals surface area contributed by atoms with E-state index in [1.165, 1.54) is 12.1 Å². The highest BCUT2D eigenvalue weighted by Crippen LogP contribution is 2.18. The second-order valence-electron chi connectivity index (χ2n) is 4.50. The van der Waals surface area contributed by atoms with Crippen LogP contribution in [0, 0.1) is 5.82 Å². The van der Waals surface area contributed by atoms with Gasteiger partial charge < -0.3 is 10.5 Å². The predicted molar refractivity (Wildman–Crippen MR) is 76.9 cm³/mol. The third-order valence-corrected chi connectivity index (χ3v) is 2.96. The fraction of sp³-hybridized carbons (Fsp3) is 0.0625. The zero-order chi connectivity index (χ0) is 13.9. The summed E-state index contributed by atoms with van der Waals surface area (Å²) in [6.07, 6.45) is 0. The smallest absolute Gasteiger partial charge is 0.130 e. The third-order valence-electron chi connectivity index (χ3n) is 2.96. The van der Waals surface area contributed by atoms with Crippen molar-refractivity contribution < 1.29 is 9.13 Å². The molecule has 0 amide bonds. The van der Waals surface area contributed by atoms with Gasteiger partial charge in [0.15, 0.2) is 0 Å². The third kappa shape index (κ3) is 2.69. The number of halogens is 1. The lowest BCUT2D eigenvalue weighted by Gasteiger charge is -2.07. The van der Waals surface area contributed by atoms with Gasteiger partial charge in [-0.05, 0) is 30.3 Å². The van der Waals surface area contributed by atoms with E-state index >= 15 is 0 Å². The Kier molecular flexibility index (Phi) is 3.21. The number of nitrogen functional groups attached to an aromatic ring is 1. The van der Waals surface area contributed by atoms with Crippen LogP contribution in [-0.2, 0) is 6.61 Å². The van der Waals surface area contributed by atoms with E-state index in [1.54, 1.807) is 18.2 Å². The Bertz CT molecular complexity index is 758. The van der Waals surface area contributed by atoms with Crippen LogP contribution in [0.5, 0.6) is 5.75 Å². The number of hydrogen-bond donors (Lipinski definition) is 1. The number of rotatable bonds is 3. The number of hydrogen-bond acceptors (Lipinski definition) is 3. The van der Waals surface area contributed by atoms with Crippen molar-refractivity contribution in [3.8, 4) is 5.75 Å². The summed E-state index contributed by atoms with van der Waals surface area (Å²) in [5, 5.41) is 0.902. The lowest BCUT2D eigenvalue weighted by Crippen LogP contribution is -1.99. The molecule has 4 heteroatoms. The summed E-state index contributed by atoms with van der Waals surface area (Å²) in [7, 11) is 0. The zero-order valence-electron chi connectivity index (χ0n) is 10.7. The Morgan fingerprint density at radius 1 is 1.05 bits per heavy atom. The van der Waals surface area contributed by atoms with Gasteiger partial charge in [0, 0.05) is 23.2 Å². The average Bonchev–Trinajstić information content (AvgIpc) is 2.45. The summed E-state index contributed by atoms with van der Waals surface area (Å²) in [5.74, 6) is 0.394. The van der Waals surface area contributed by atoms with E-state index in [4.69, 9.17) is 10.5 Å². The molecule has 3 rings (SSSR count). The van der Waals surface area contributed by atoms with E-state index in [0.717, 1.165) is 11.1 Å². The number of nitrogens with two attached hydrogens (primary N) is 1. The van der Waals surface area contributed by atoms with E-state index in [1.807, 2.05) is 24.3 Å². The van der Waals surface area contributed by atoms with Crippen molar-refractivity contribution in [2.75, 3.05) is 5.73 Å². The molecule has 100 valence electrons. The van der Waals surface area contributed by atoms with Gasteiger partial charge >= 0.3 is 0 Å². The maximum atomic E-state index is 13.2. The SMILES string of the molecule is Nc1cccc(OCc2ccc3ccc(F)cc3n2)c1. The highest BCUT2D eigenvalue weighted by molar-refractivity contribution is 5.78. The van der Waals surface area contributed by atoms with Crippen LogP contribution in [0.1, 0.15) is 5.69 Å². The van der Waals surface area contributed by atoms with Crippen LogP contribution < -0.4 is 10.5 Å². The van der Waals surface area contributed by atoms with Gasteiger partial charge in [-0.1, -0.05) is 12.1 Å². The molecule has 0 aliphatic heterocycles.